The number of carbonyl (C=O) groups is 2. The SMILES string of the molecule is COC(=O)[C@@H]1C[C@H]2C=C(Br)[C@@H]1C(=O)O2. The number of hydrogen-bond acceptors (Lipinski definition) is 4. The zero-order valence-electron chi connectivity index (χ0n) is 7.53. The normalized spacial score (nSPS) is 34.9. The molecule has 0 unspecified atom stereocenters. The highest BCUT2D eigenvalue weighted by atomic mass is 79.9. The summed E-state index contributed by atoms with van der Waals surface area (Å²) in [5, 5.41) is 0. The number of esters is 2. The van der Waals surface area contributed by atoms with E-state index in [1.54, 1.807) is 0 Å². The summed E-state index contributed by atoms with van der Waals surface area (Å²) in [6, 6.07) is 0. The van der Waals surface area contributed by atoms with Crippen molar-refractivity contribution < 1.29 is 19.1 Å². The van der Waals surface area contributed by atoms with Gasteiger partial charge in [0, 0.05) is 10.9 Å². The minimum atomic E-state index is -0.507. The molecular formula is C9H9BrO4. The number of ether oxygens (including phenoxy) is 2. The molecule has 0 aromatic carbocycles. The van der Waals surface area contributed by atoms with Crippen LogP contribution in [0.25, 0.3) is 0 Å². The highest BCUT2D eigenvalue weighted by Gasteiger charge is 2.47. The summed E-state index contributed by atoms with van der Waals surface area (Å²) in [5.41, 5.74) is 0. The smallest absolute Gasteiger partial charge is 0.315 e. The van der Waals surface area contributed by atoms with E-state index in [1.165, 1.54) is 7.11 Å². The average Bonchev–Trinajstić information content (AvgIpc) is 2.15. The minimum absolute atomic E-state index is 0.286. The Hall–Kier alpha value is -0.840. The zero-order valence-corrected chi connectivity index (χ0v) is 9.11. The number of fused-ring (bicyclic) bond motifs is 2. The summed E-state index contributed by atoms with van der Waals surface area (Å²) >= 11 is 3.28. The second-order valence-electron chi connectivity index (χ2n) is 3.37. The van der Waals surface area contributed by atoms with Crippen LogP contribution in [0.5, 0.6) is 0 Å². The summed E-state index contributed by atoms with van der Waals surface area (Å²) in [5.74, 6) is -1.59. The first-order valence-electron chi connectivity index (χ1n) is 4.29. The molecule has 2 bridgehead atoms. The van der Waals surface area contributed by atoms with E-state index >= 15 is 0 Å². The molecular weight excluding hydrogens is 252 g/mol. The largest absolute Gasteiger partial charge is 0.469 e. The van der Waals surface area contributed by atoms with Gasteiger partial charge in [-0.05, 0) is 6.08 Å². The Balaban J connectivity index is 2.29. The Morgan fingerprint density at radius 2 is 2.43 bits per heavy atom. The molecule has 3 rings (SSSR count). The van der Waals surface area contributed by atoms with Crippen LogP contribution < -0.4 is 0 Å². The number of carbonyl (C=O) groups excluding carboxylic acids is 2. The molecule has 0 radical (unpaired) electrons. The van der Waals surface area contributed by atoms with E-state index in [0.29, 0.717) is 6.42 Å². The summed E-state index contributed by atoms with van der Waals surface area (Å²) < 4.78 is 10.4. The van der Waals surface area contributed by atoms with Gasteiger partial charge in [-0.15, -0.1) is 0 Å². The maximum Gasteiger partial charge on any atom is 0.315 e. The zero-order chi connectivity index (χ0) is 10.3. The highest BCUT2D eigenvalue weighted by molar-refractivity contribution is 9.11. The topological polar surface area (TPSA) is 52.6 Å². The minimum Gasteiger partial charge on any atom is -0.469 e. The molecule has 0 saturated carbocycles. The van der Waals surface area contributed by atoms with E-state index in [4.69, 9.17) is 4.74 Å². The predicted molar refractivity (Wildman–Crippen MR) is 50.5 cm³/mol. The Morgan fingerprint density at radius 3 is 2.93 bits per heavy atom. The van der Waals surface area contributed by atoms with Crippen LogP contribution in [-0.2, 0) is 19.1 Å². The van der Waals surface area contributed by atoms with Crippen LogP contribution in [0.3, 0.4) is 0 Å². The van der Waals surface area contributed by atoms with Crippen LogP contribution in [0, 0.1) is 11.8 Å². The van der Waals surface area contributed by atoms with Crippen molar-refractivity contribution in [1.29, 1.82) is 0 Å². The van der Waals surface area contributed by atoms with Crippen molar-refractivity contribution in [2.75, 3.05) is 7.11 Å². The van der Waals surface area contributed by atoms with E-state index in [1.807, 2.05) is 6.08 Å². The van der Waals surface area contributed by atoms with Gasteiger partial charge in [-0.2, -0.15) is 0 Å². The van der Waals surface area contributed by atoms with E-state index in [0.717, 1.165) is 4.48 Å². The van der Waals surface area contributed by atoms with Gasteiger partial charge < -0.3 is 9.47 Å². The number of rotatable bonds is 1. The van der Waals surface area contributed by atoms with Gasteiger partial charge in [0.25, 0.3) is 0 Å². The molecule has 2 heterocycles. The lowest BCUT2D eigenvalue weighted by Gasteiger charge is -2.37. The van der Waals surface area contributed by atoms with E-state index in [9.17, 15) is 9.59 Å². The van der Waals surface area contributed by atoms with Gasteiger partial charge in [0.2, 0.25) is 0 Å². The van der Waals surface area contributed by atoms with Crippen LogP contribution >= 0.6 is 15.9 Å². The van der Waals surface area contributed by atoms with Crippen molar-refractivity contribution >= 4 is 27.9 Å². The third-order valence-electron chi connectivity index (χ3n) is 2.56. The van der Waals surface area contributed by atoms with Crippen molar-refractivity contribution in [3.8, 4) is 0 Å². The number of methoxy groups -OCH3 is 1. The fraction of sp³-hybridized carbons (Fsp3) is 0.556. The number of halogens is 1. The van der Waals surface area contributed by atoms with Crippen molar-refractivity contribution in [3.05, 3.63) is 10.6 Å². The molecule has 1 fully saturated rings. The Morgan fingerprint density at radius 1 is 1.71 bits per heavy atom. The summed E-state index contributed by atoms with van der Waals surface area (Å²) in [6.07, 6.45) is 2.06. The first kappa shape index (κ1) is 9.71. The Kier molecular flexibility index (Phi) is 2.34. The average molecular weight is 261 g/mol. The lowest BCUT2D eigenvalue weighted by Crippen LogP contribution is -2.45. The first-order chi connectivity index (χ1) is 6.63. The van der Waals surface area contributed by atoms with Gasteiger partial charge in [0.05, 0.1) is 13.0 Å². The summed E-state index contributed by atoms with van der Waals surface area (Å²) in [6.45, 7) is 0. The van der Waals surface area contributed by atoms with Crippen molar-refractivity contribution in [3.63, 3.8) is 0 Å². The van der Waals surface area contributed by atoms with E-state index < -0.39 is 11.8 Å². The molecule has 3 atom stereocenters. The molecule has 3 aliphatic rings. The fourth-order valence-corrected chi connectivity index (χ4v) is 2.69. The second kappa shape index (κ2) is 3.38. The predicted octanol–water partition coefficient (Wildman–Crippen LogP) is 1.000. The van der Waals surface area contributed by atoms with Crippen LogP contribution in [0.15, 0.2) is 10.6 Å². The lowest BCUT2D eigenvalue weighted by atomic mass is 9.80. The van der Waals surface area contributed by atoms with Crippen LogP contribution in [-0.4, -0.2) is 25.2 Å². The van der Waals surface area contributed by atoms with Gasteiger partial charge in [0.1, 0.15) is 12.0 Å². The quantitative estimate of drug-likeness (QED) is 0.661. The van der Waals surface area contributed by atoms with Crippen LogP contribution in [0.4, 0.5) is 0 Å². The summed E-state index contributed by atoms with van der Waals surface area (Å²) in [4.78, 5) is 22.8. The van der Waals surface area contributed by atoms with Crippen molar-refractivity contribution in [2.45, 2.75) is 12.5 Å². The monoisotopic (exact) mass is 260 g/mol. The molecule has 0 aromatic rings. The maximum atomic E-state index is 11.4. The molecule has 1 aliphatic carbocycles. The van der Waals surface area contributed by atoms with Gasteiger partial charge >= 0.3 is 11.9 Å². The third-order valence-corrected chi connectivity index (χ3v) is 3.31. The fourth-order valence-electron chi connectivity index (χ4n) is 1.89. The molecule has 4 nitrogen and oxygen atoms in total. The molecule has 0 aromatic heterocycles. The molecule has 0 N–H and O–H groups in total. The maximum absolute atomic E-state index is 11.4. The van der Waals surface area contributed by atoms with Crippen LogP contribution in [0.1, 0.15) is 6.42 Å². The number of hydrogen-bond donors (Lipinski definition) is 0. The highest BCUT2D eigenvalue weighted by Crippen LogP contribution is 2.41. The van der Waals surface area contributed by atoms with Gasteiger partial charge in [-0.25, -0.2) is 0 Å². The van der Waals surface area contributed by atoms with Crippen LogP contribution in [0.2, 0.25) is 0 Å². The third kappa shape index (κ3) is 1.35. The molecule has 76 valence electrons. The van der Waals surface area contributed by atoms with Gasteiger partial charge in [-0.1, -0.05) is 15.9 Å². The Bertz CT molecular complexity index is 323. The van der Waals surface area contributed by atoms with Gasteiger partial charge in [-0.3, -0.25) is 9.59 Å². The first-order valence-corrected chi connectivity index (χ1v) is 5.08. The van der Waals surface area contributed by atoms with E-state index in [2.05, 4.69) is 20.7 Å². The molecule has 0 spiro atoms. The Labute approximate surface area is 89.4 Å². The lowest BCUT2D eigenvalue weighted by molar-refractivity contribution is -0.170. The standard InChI is InChI=1S/C9H9BrO4/c1-13-8(11)5-2-4-3-6(10)7(5)9(12)14-4/h3-5,7H,2H2,1H3/t4-,5+,7+/m0/s1. The molecule has 2 aliphatic heterocycles. The molecule has 0 amide bonds. The van der Waals surface area contributed by atoms with Crippen molar-refractivity contribution in [2.24, 2.45) is 11.8 Å². The van der Waals surface area contributed by atoms with Crippen molar-refractivity contribution in [1.82, 2.24) is 0 Å². The summed E-state index contributed by atoms with van der Waals surface area (Å²) in [7, 11) is 1.33. The molecule has 5 heteroatoms. The van der Waals surface area contributed by atoms with E-state index in [-0.39, 0.29) is 18.0 Å². The van der Waals surface area contributed by atoms with Gasteiger partial charge in [0.15, 0.2) is 0 Å². The molecule has 14 heavy (non-hydrogen) atoms. The second-order valence-corrected chi connectivity index (χ2v) is 4.29. The molecule has 1 saturated heterocycles.